The summed E-state index contributed by atoms with van der Waals surface area (Å²) >= 11 is 0. The van der Waals surface area contributed by atoms with Gasteiger partial charge >= 0.3 is 0 Å². The number of nitrogens with zero attached hydrogens (tertiary/aromatic N) is 3. The molecule has 0 radical (unpaired) electrons. The molecule has 1 heterocycles. The van der Waals surface area contributed by atoms with Crippen LogP contribution in [0.1, 0.15) is 26.5 Å². The zero-order valence-corrected chi connectivity index (χ0v) is 11.7. The summed E-state index contributed by atoms with van der Waals surface area (Å²) in [4.78, 5) is 1.64. The predicted molar refractivity (Wildman–Crippen MR) is 78.1 cm³/mol. The first-order chi connectivity index (χ1) is 9.04. The number of benzene rings is 1. The van der Waals surface area contributed by atoms with Gasteiger partial charge in [-0.05, 0) is 39.0 Å². The molecule has 0 saturated heterocycles. The minimum Gasteiger partial charge on any atom is -0.309 e. The van der Waals surface area contributed by atoms with Crippen molar-refractivity contribution in [3.05, 3.63) is 48.3 Å². The van der Waals surface area contributed by atoms with Gasteiger partial charge in [-0.3, -0.25) is 0 Å². The zero-order chi connectivity index (χ0) is 13.7. The van der Waals surface area contributed by atoms with Crippen LogP contribution in [0.3, 0.4) is 0 Å². The SMILES string of the molecule is CC(C)(C)NCC=Cc1cnn(-c2ccccc2)n1. The number of rotatable bonds is 4. The van der Waals surface area contributed by atoms with Gasteiger partial charge in [0.05, 0.1) is 11.9 Å². The van der Waals surface area contributed by atoms with E-state index in [9.17, 15) is 0 Å². The summed E-state index contributed by atoms with van der Waals surface area (Å²) in [6, 6.07) is 9.89. The van der Waals surface area contributed by atoms with Gasteiger partial charge < -0.3 is 5.32 Å². The van der Waals surface area contributed by atoms with Crippen LogP contribution in [0.4, 0.5) is 0 Å². The third-order valence-corrected chi connectivity index (χ3v) is 2.54. The van der Waals surface area contributed by atoms with Crippen LogP contribution in [-0.4, -0.2) is 27.1 Å². The Hall–Kier alpha value is -1.94. The van der Waals surface area contributed by atoms with Gasteiger partial charge in [0.1, 0.15) is 5.69 Å². The van der Waals surface area contributed by atoms with Crippen molar-refractivity contribution in [3.8, 4) is 5.69 Å². The fourth-order valence-electron chi connectivity index (χ4n) is 1.58. The lowest BCUT2D eigenvalue weighted by Crippen LogP contribution is -2.35. The average molecular weight is 256 g/mol. The van der Waals surface area contributed by atoms with Crippen molar-refractivity contribution in [2.24, 2.45) is 0 Å². The summed E-state index contributed by atoms with van der Waals surface area (Å²) in [6.07, 6.45) is 5.80. The van der Waals surface area contributed by atoms with Gasteiger partial charge in [-0.1, -0.05) is 24.3 Å². The highest BCUT2D eigenvalue weighted by atomic mass is 15.5. The van der Waals surface area contributed by atoms with E-state index >= 15 is 0 Å². The fraction of sp³-hybridized carbons (Fsp3) is 0.333. The van der Waals surface area contributed by atoms with Crippen LogP contribution in [0.5, 0.6) is 0 Å². The Balaban J connectivity index is 1.97. The summed E-state index contributed by atoms with van der Waals surface area (Å²) in [6.45, 7) is 7.26. The maximum absolute atomic E-state index is 4.41. The molecule has 0 atom stereocenters. The van der Waals surface area contributed by atoms with Gasteiger partial charge in [-0.25, -0.2) is 0 Å². The van der Waals surface area contributed by atoms with E-state index in [0.717, 1.165) is 17.9 Å². The highest BCUT2D eigenvalue weighted by Crippen LogP contribution is 2.05. The fourth-order valence-corrected chi connectivity index (χ4v) is 1.58. The minimum atomic E-state index is 0.131. The van der Waals surface area contributed by atoms with Crippen LogP contribution in [0.2, 0.25) is 0 Å². The lowest BCUT2D eigenvalue weighted by Gasteiger charge is -2.18. The number of para-hydroxylation sites is 1. The van der Waals surface area contributed by atoms with Crippen molar-refractivity contribution in [3.63, 3.8) is 0 Å². The van der Waals surface area contributed by atoms with Gasteiger partial charge in [-0.2, -0.15) is 9.90 Å². The maximum Gasteiger partial charge on any atom is 0.106 e. The minimum absolute atomic E-state index is 0.131. The maximum atomic E-state index is 4.41. The van der Waals surface area contributed by atoms with Crippen LogP contribution in [0.25, 0.3) is 11.8 Å². The summed E-state index contributed by atoms with van der Waals surface area (Å²) in [7, 11) is 0. The molecule has 4 heteroatoms. The summed E-state index contributed by atoms with van der Waals surface area (Å²) in [5, 5.41) is 12.0. The lowest BCUT2D eigenvalue weighted by molar-refractivity contribution is 0.450. The molecule has 1 aromatic carbocycles. The zero-order valence-electron chi connectivity index (χ0n) is 11.7. The third kappa shape index (κ3) is 4.34. The van der Waals surface area contributed by atoms with E-state index in [1.807, 2.05) is 36.4 Å². The summed E-state index contributed by atoms with van der Waals surface area (Å²) in [5.74, 6) is 0. The Labute approximate surface area is 114 Å². The van der Waals surface area contributed by atoms with Crippen molar-refractivity contribution in [1.29, 1.82) is 0 Å². The molecule has 0 aliphatic heterocycles. The number of aromatic nitrogens is 3. The van der Waals surface area contributed by atoms with Crippen molar-refractivity contribution in [2.45, 2.75) is 26.3 Å². The van der Waals surface area contributed by atoms with E-state index in [2.05, 4.69) is 42.4 Å². The molecular weight excluding hydrogens is 236 g/mol. The molecule has 0 saturated carbocycles. The Morgan fingerprint density at radius 3 is 2.63 bits per heavy atom. The molecule has 1 aromatic heterocycles. The smallest absolute Gasteiger partial charge is 0.106 e. The van der Waals surface area contributed by atoms with Gasteiger partial charge in [-0.15, -0.1) is 5.10 Å². The van der Waals surface area contributed by atoms with E-state index in [0.29, 0.717) is 0 Å². The van der Waals surface area contributed by atoms with Crippen LogP contribution in [0, 0.1) is 0 Å². The van der Waals surface area contributed by atoms with Gasteiger partial charge in [0.25, 0.3) is 0 Å². The lowest BCUT2D eigenvalue weighted by atomic mass is 10.1. The summed E-state index contributed by atoms with van der Waals surface area (Å²) < 4.78 is 0. The predicted octanol–water partition coefficient (Wildman–Crippen LogP) is 2.67. The molecule has 0 bridgehead atoms. The van der Waals surface area contributed by atoms with E-state index in [-0.39, 0.29) is 5.54 Å². The van der Waals surface area contributed by atoms with Crippen molar-refractivity contribution < 1.29 is 0 Å². The molecule has 0 unspecified atom stereocenters. The molecule has 0 aliphatic carbocycles. The Morgan fingerprint density at radius 1 is 1.21 bits per heavy atom. The molecule has 2 aromatic rings. The topological polar surface area (TPSA) is 42.7 Å². The number of nitrogens with one attached hydrogen (secondary N) is 1. The number of hydrogen-bond donors (Lipinski definition) is 1. The highest BCUT2D eigenvalue weighted by molar-refractivity contribution is 5.43. The first kappa shape index (κ1) is 13.5. The van der Waals surface area contributed by atoms with E-state index < -0.39 is 0 Å². The summed E-state index contributed by atoms with van der Waals surface area (Å²) in [5.41, 5.74) is 1.96. The largest absolute Gasteiger partial charge is 0.309 e. The Bertz CT molecular complexity index is 535. The highest BCUT2D eigenvalue weighted by Gasteiger charge is 2.06. The van der Waals surface area contributed by atoms with Crippen LogP contribution in [0.15, 0.2) is 42.6 Å². The quantitative estimate of drug-likeness (QED) is 0.914. The Morgan fingerprint density at radius 2 is 1.95 bits per heavy atom. The van der Waals surface area contributed by atoms with Crippen LogP contribution in [-0.2, 0) is 0 Å². The standard InChI is InChI=1S/C15H20N4/c1-15(2,3)16-11-7-8-13-12-17-19(18-13)14-9-5-4-6-10-14/h4-10,12,16H,11H2,1-3H3. The molecule has 4 nitrogen and oxygen atoms in total. The molecule has 100 valence electrons. The van der Waals surface area contributed by atoms with Crippen LogP contribution < -0.4 is 5.32 Å². The molecule has 1 N–H and O–H groups in total. The van der Waals surface area contributed by atoms with Gasteiger partial charge in [0.2, 0.25) is 0 Å². The monoisotopic (exact) mass is 256 g/mol. The van der Waals surface area contributed by atoms with E-state index in [4.69, 9.17) is 0 Å². The second-order valence-corrected chi connectivity index (χ2v) is 5.43. The molecular formula is C15H20N4. The molecule has 0 aliphatic rings. The molecule has 19 heavy (non-hydrogen) atoms. The van der Waals surface area contributed by atoms with Crippen molar-refractivity contribution >= 4 is 6.08 Å². The second-order valence-electron chi connectivity index (χ2n) is 5.43. The second kappa shape index (κ2) is 5.80. The van der Waals surface area contributed by atoms with Crippen LogP contribution >= 0.6 is 0 Å². The van der Waals surface area contributed by atoms with E-state index in [1.54, 1.807) is 11.0 Å². The van der Waals surface area contributed by atoms with Gasteiger partial charge in [0, 0.05) is 12.1 Å². The third-order valence-electron chi connectivity index (χ3n) is 2.54. The average Bonchev–Trinajstić information content (AvgIpc) is 2.83. The first-order valence-corrected chi connectivity index (χ1v) is 6.44. The molecule has 0 amide bonds. The Kier molecular flexibility index (Phi) is 4.12. The van der Waals surface area contributed by atoms with Crippen molar-refractivity contribution in [1.82, 2.24) is 20.3 Å². The molecule has 2 rings (SSSR count). The van der Waals surface area contributed by atoms with Gasteiger partial charge in [0.15, 0.2) is 0 Å². The van der Waals surface area contributed by atoms with Crippen molar-refractivity contribution in [2.75, 3.05) is 6.54 Å². The normalized spacial score (nSPS) is 12.2. The molecule has 0 fully saturated rings. The van der Waals surface area contributed by atoms with E-state index in [1.165, 1.54) is 0 Å². The first-order valence-electron chi connectivity index (χ1n) is 6.44. The molecule has 0 spiro atoms. The number of hydrogen-bond acceptors (Lipinski definition) is 3.